The monoisotopic (exact) mass is 372 g/mol. The van der Waals surface area contributed by atoms with Gasteiger partial charge in [-0.2, -0.15) is 0 Å². The van der Waals surface area contributed by atoms with Crippen LogP contribution in [0.4, 0.5) is 5.82 Å². The van der Waals surface area contributed by atoms with Gasteiger partial charge in [-0.3, -0.25) is 4.79 Å². The van der Waals surface area contributed by atoms with E-state index in [4.69, 9.17) is 11.6 Å². The first-order chi connectivity index (χ1) is 11.9. The molecule has 1 N–H and O–H groups in total. The highest BCUT2D eigenvalue weighted by atomic mass is 35.5. The summed E-state index contributed by atoms with van der Waals surface area (Å²) < 4.78 is 0. The van der Waals surface area contributed by atoms with E-state index in [0.717, 1.165) is 40.4 Å². The zero-order chi connectivity index (χ0) is 17.8. The van der Waals surface area contributed by atoms with Crippen LogP contribution < -0.4 is 5.32 Å². The van der Waals surface area contributed by atoms with E-state index in [0.29, 0.717) is 11.4 Å². The van der Waals surface area contributed by atoms with Crippen molar-refractivity contribution in [3.63, 3.8) is 0 Å². The number of halogens is 1. The zero-order valence-electron chi connectivity index (χ0n) is 14.6. The molecule has 0 fully saturated rings. The maximum absolute atomic E-state index is 13.3. The first-order valence-electron chi connectivity index (χ1n) is 8.62. The second-order valence-electron chi connectivity index (χ2n) is 7.69. The minimum atomic E-state index is -0.511. The second-order valence-corrected chi connectivity index (χ2v) is 8.95. The molecule has 1 unspecified atom stereocenters. The Morgan fingerprint density at radius 2 is 2.04 bits per heavy atom. The number of carbonyl (C=O) groups excluding carboxylic acids is 1. The number of rotatable bonds is 2. The van der Waals surface area contributed by atoms with Crippen LogP contribution in [0.2, 0.25) is 5.02 Å². The number of anilines is 1. The molecule has 0 saturated carbocycles. The van der Waals surface area contributed by atoms with E-state index in [1.54, 1.807) is 11.3 Å². The lowest BCUT2D eigenvalue weighted by atomic mass is 9.62. The summed E-state index contributed by atoms with van der Waals surface area (Å²) in [6.45, 7) is 6.43. The molecule has 4 rings (SSSR count). The number of nitrogens with one attached hydrogen (secondary N) is 1. The maximum Gasteiger partial charge on any atom is 0.162 e. The Kier molecular flexibility index (Phi) is 3.82. The third-order valence-electron chi connectivity index (χ3n) is 5.39. The number of thiazole rings is 1. The van der Waals surface area contributed by atoms with Crippen LogP contribution in [0.25, 0.3) is 0 Å². The number of hydrogen-bond acceptors (Lipinski definition) is 4. The summed E-state index contributed by atoms with van der Waals surface area (Å²) in [6.07, 6.45) is 2.18. The van der Waals surface area contributed by atoms with Crippen LogP contribution in [0.3, 0.4) is 0 Å². The van der Waals surface area contributed by atoms with Crippen molar-refractivity contribution in [2.75, 3.05) is 5.32 Å². The first-order valence-corrected chi connectivity index (χ1v) is 9.87. The molecule has 25 heavy (non-hydrogen) atoms. The van der Waals surface area contributed by atoms with Gasteiger partial charge in [0.05, 0.1) is 15.8 Å². The molecule has 2 aliphatic rings. The molecule has 1 aromatic heterocycles. The number of fused-ring (bicyclic) bond motifs is 1. The molecule has 2 heterocycles. The van der Waals surface area contributed by atoms with Gasteiger partial charge in [-0.05, 0) is 29.9 Å². The number of allylic oxidation sites excluding steroid dienone is 2. The van der Waals surface area contributed by atoms with Crippen molar-refractivity contribution in [2.45, 2.75) is 45.4 Å². The number of nitrogens with zero attached hydrogens (tertiary/aromatic N) is 1. The smallest absolute Gasteiger partial charge is 0.162 e. The van der Waals surface area contributed by atoms with Crippen molar-refractivity contribution in [1.82, 2.24) is 4.98 Å². The fourth-order valence-corrected chi connectivity index (χ4v) is 5.74. The van der Waals surface area contributed by atoms with Gasteiger partial charge in [0, 0.05) is 22.7 Å². The Morgan fingerprint density at radius 1 is 1.28 bits per heavy atom. The third-order valence-corrected chi connectivity index (χ3v) is 6.71. The largest absolute Gasteiger partial charge is 0.342 e. The maximum atomic E-state index is 13.3. The van der Waals surface area contributed by atoms with Crippen molar-refractivity contribution in [1.29, 1.82) is 0 Å². The molecule has 0 amide bonds. The predicted octanol–water partition coefficient (Wildman–Crippen LogP) is 5.56. The average Bonchev–Trinajstić information content (AvgIpc) is 3.01. The van der Waals surface area contributed by atoms with Gasteiger partial charge in [0.25, 0.3) is 0 Å². The van der Waals surface area contributed by atoms with Gasteiger partial charge in [0.2, 0.25) is 0 Å². The molecule has 1 atom stereocenters. The quantitative estimate of drug-likeness (QED) is 0.750. The molecule has 0 radical (unpaired) electrons. The highest BCUT2D eigenvalue weighted by molar-refractivity contribution is 7.10. The van der Waals surface area contributed by atoms with E-state index >= 15 is 0 Å². The number of carbonyl (C=O) groups is 1. The van der Waals surface area contributed by atoms with Crippen molar-refractivity contribution in [2.24, 2.45) is 5.41 Å². The van der Waals surface area contributed by atoms with Crippen LogP contribution in [0.1, 0.15) is 50.5 Å². The molecule has 130 valence electrons. The zero-order valence-corrected chi connectivity index (χ0v) is 16.2. The minimum absolute atomic E-state index is 0.0452. The summed E-state index contributed by atoms with van der Waals surface area (Å²) in [6, 6.07) is 7.90. The van der Waals surface area contributed by atoms with Crippen LogP contribution in [0.5, 0.6) is 0 Å². The van der Waals surface area contributed by atoms with Crippen LogP contribution in [-0.4, -0.2) is 10.8 Å². The first kappa shape index (κ1) is 16.8. The molecule has 1 aliphatic heterocycles. The average molecular weight is 373 g/mol. The Labute approximate surface area is 157 Å². The lowest BCUT2D eigenvalue weighted by Crippen LogP contribution is -2.43. The summed E-state index contributed by atoms with van der Waals surface area (Å²) >= 11 is 8.22. The molecule has 1 aliphatic carbocycles. The Bertz CT molecular complexity index is 899. The van der Waals surface area contributed by atoms with Gasteiger partial charge in [-0.15, -0.1) is 11.3 Å². The van der Waals surface area contributed by atoms with E-state index in [1.165, 1.54) is 0 Å². The molecular weight excluding hydrogens is 352 g/mol. The molecule has 1 aromatic carbocycles. The normalized spacial score (nSPS) is 24.6. The molecule has 5 heteroatoms. The third kappa shape index (κ3) is 2.38. The van der Waals surface area contributed by atoms with E-state index in [9.17, 15) is 4.79 Å². The lowest BCUT2D eigenvalue weighted by molar-refractivity contribution is -0.118. The fraction of sp³-hybridized carbons (Fsp3) is 0.400. The van der Waals surface area contributed by atoms with E-state index in [2.05, 4.69) is 37.1 Å². The van der Waals surface area contributed by atoms with Crippen molar-refractivity contribution < 1.29 is 4.79 Å². The minimum Gasteiger partial charge on any atom is -0.342 e. The Balaban J connectivity index is 2.06. The van der Waals surface area contributed by atoms with Gasteiger partial charge < -0.3 is 5.32 Å². The lowest BCUT2D eigenvalue weighted by Gasteiger charge is -2.45. The number of Topliss-reactive ketones (excluding diaryl/α,β-unsaturated/α-hetero) is 1. The molecular formula is C20H21ClN2OS. The Hall–Kier alpha value is -1.65. The standard InChI is InChI=1S/C20H21ClN2OS/c1-4-20(12-7-5-6-8-13(12)21)16-14(9-19(2,3)10-15(16)24)23-18-17(20)25-11-22-18/h5-8,11,23H,4,9-10H2,1-3H3. The SMILES string of the molecule is CCC1(c2ccccc2Cl)C2=C(CC(C)(C)CC2=O)Nc2ncsc21. The highest BCUT2D eigenvalue weighted by Gasteiger charge is 2.51. The van der Waals surface area contributed by atoms with Crippen molar-refractivity contribution in [3.8, 4) is 0 Å². The van der Waals surface area contributed by atoms with Crippen molar-refractivity contribution >= 4 is 34.5 Å². The molecule has 0 spiro atoms. The van der Waals surface area contributed by atoms with Crippen LogP contribution in [0.15, 0.2) is 41.0 Å². The molecule has 3 nitrogen and oxygen atoms in total. The van der Waals surface area contributed by atoms with Crippen LogP contribution >= 0.6 is 22.9 Å². The summed E-state index contributed by atoms with van der Waals surface area (Å²) in [7, 11) is 0. The number of aromatic nitrogens is 1. The molecule has 0 saturated heterocycles. The van der Waals surface area contributed by atoms with Gasteiger partial charge in [0.15, 0.2) is 5.78 Å². The van der Waals surface area contributed by atoms with Gasteiger partial charge in [-0.25, -0.2) is 4.98 Å². The highest BCUT2D eigenvalue weighted by Crippen LogP contribution is 2.56. The second kappa shape index (κ2) is 5.68. The van der Waals surface area contributed by atoms with E-state index in [1.807, 2.05) is 23.7 Å². The fourth-order valence-electron chi connectivity index (χ4n) is 4.41. The summed E-state index contributed by atoms with van der Waals surface area (Å²) in [5.41, 5.74) is 4.21. The van der Waals surface area contributed by atoms with Gasteiger partial charge >= 0.3 is 0 Å². The topological polar surface area (TPSA) is 42.0 Å². The number of benzene rings is 1. The number of hydrogen-bond donors (Lipinski definition) is 1. The summed E-state index contributed by atoms with van der Waals surface area (Å²) in [5.74, 6) is 1.09. The molecule has 2 aromatic rings. The number of ketones is 1. The van der Waals surface area contributed by atoms with Crippen LogP contribution in [0, 0.1) is 5.41 Å². The molecule has 0 bridgehead atoms. The van der Waals surface area contributed by atoms with Gasteiger partial charge in [-0.1, -0.05) is 50.6 Å². The van der Waals surface area contributed by atoms with Gasteiger partial charge in [0.1, 0.15) is 5.82 Å². The predicted molar refractivity (Wildman–Crippen MR) is 103 cm³/mol. The summed E-state index contributed by atoms with van der Waals surface area (Å²) in [5, 5.41) is 4.16. The Morgan fingerprint density at radius 3 is 2.76 bits per heavy atom. The summed E-state index contributed by atoms with van der Waals surface area (Å²) in [4.78, 5) is 18.9. The van der Waals surface area contributed by atoms with E-state index < -0.39 is 5.41 Å². The van der Waals surface area contributed by atoms with Crippen molar-refractivity contribution in [3.05, 3.63) is 56.5 Å². The van der Waals surface area contributed by atoms with E-state index in [-0.39, 0.29) is 11.2 Å². The van der Waals surface area contributed by atoms with Crippen LogP contribution in [-0.2, 0) is 10.2 Å².